The van der Waals surface area contributed by atoms with Gasteiger partial charge in [-0.25, -0.2) is 0 Å². The molecular formula is C9H18N2. The average Bonchev–Trinajstić information content (AvgIpc) is 2.55. The van der Waals surface area contributed by atoms with Gasteiger partial charge in [-0.2, -0.15) is 0 Å². The largest absolute Gasteiger partial charge is 0.302 e. The third-order valence-electron chi connectivity index (χ3n) is 3.65. The Hall–Kier alpha value is -0.0800. The minimum atomic E-state index is 0.237. The molecule has 3 atom stereocenters. The maximum atomic E-state index is 3.57. The number of nitrogens with one attached hydrogen (secondary N) is 2. The summed E-state index contributed by atoms with van der Waals surface area (Å²) >= 11 is 0. The Bertz CT molecular complexity index is 158. The highest BCUT2D eigenvalue weighted by atomic mass is 15.2. The molecule has 2 nitrogen and oxygen atoms in total. The highest BCUT2D eigenvalue weighted by Crippen LogP contribution is 2.41. The van der Waals surface area contributed by atoms with Crippen LogP contribution >= 0.6 is 0 Å². The molecule has 1 saturated carbocycles. The number of fused-ring (bicyclic) bond motifs is 1. The number of rotatable bonds is 1. The van der Waals surface area contributed by atoms with Crippen molar-refractivity contribution >= 4 is 0 Å². The second kappa shape index (κ2) is 2.46. The van der Waals surface area contributed by atoms with Gasteiger partial charge in [0, 0.05) is 6.54 Å². The van der Waals surface area contributed by atoms with E-state index >= 15 is 0 Å². The van der Waals surface area contributed by atoms with Gasteiger partial charge in [0.1, 0.15) is 0 Å². The first-order valence-corrected chi connectivity index (χ1v) is 4.70. The lowest BCUT2D eigenvalue weighted by molar-refractivity contribution is 0.244. The molecule has 2 rings (SSSR count). The van der Waals surface area contributed by atoms with Crippen molar-refractivity contribution < 1.29 is 0 Å². The fourth-order valence-corrected chi connectivity index (χ4v) is 2.79. The lowest BCUT2D eigenvalue weighted by atomic mass is 9.90. The Kier molecular flexibility index (Phi) is 1.69. The summed E-state index contributed by atoms with van der Waals surface area (Å²) < 4.78 is 0. The molecule has 1 aliphatic heterocycles. The fraction of sp³-hybridized carbons (Fsp3) is 1.00. The molecule has 2 fully saturated rings. The first-order chi connectivity index (χ1) is 5.26. The molecule has 0 spiro atoms. The van der Waals surface area contributed by atoms with Gasteiger partial charge in [0.15, 0.2) is 0 Å². The lowest BCUT2D eigenvalue weighted by Gasteiger charge is -2.30. The van der Waals surface area contributed by atoms with Crippen molar-refractivity contribution in [3.8, 4) is 0 Å². The van der Waals surface area contributed by atoms with Gasteiger partial charge in [-0.1, -0.05) is 6.42 Å². The molecule has 2 N–H and O–H groups in total. The SMILES string of the molecule is CNC1(C)NCC2CCCC21. The highest BCUT2D eigenvalue weighted by molar-refractivity contribution is 5.00. The van der Waals surface area contributed by atoms with Gasteiger partial charge in [0.05, 0.1) is 5.66 Å². The van der Waals surface area contributed by atoms with Gasteiger partial charge < -0.3 is 5.32 Å². The lowest BCUT2D eigenvalue weighted by Crippen LogP contribution is -2.52. The summed E-state index contributed by atoms with van der Waals surface area (Å²) in [6, 6.07) is 0. The molecule has 0 aromatic rings. The van der Waals surface area contributed by atoms with E-state index in [2.05, 4.69) is 24.6 Å². The molecule has 2 aliphatic rings. The molecule has 1 aliphatic carbocycles. The normalized spacial score (nSPS) is 49.6. The van der Waals surface area contributed by atoms with Crippen LogP contribution in [0.3, 0.4) is 0 Å². The van der Waals surface area contributed by atoms with Crippen molar-refractivity contribution in [1.82, 2.24) is 10.6 Å². The molecule has 0 bridgehead atoms. The minimum absolute atomic E-state index is 0.237. The zero-order valence-corrected chi connectivity index (χ0v) is 7.48. The monoisotopic (exact) mass is 154 g/mol. The van der Waals surface area contributed by atoms with Crippen molar-refractivity contribution in [3.63, 3.8) is 0 Å². The Morgan fingerprint density at radius 3 is 3.00 bits per heavy atom. The summed E-state index contributed by atoms with van der Waals surface area (Å²) in [6.07, 6.45) is 4.29. The van der Waals surface area contributed by atoms with E-state index in [1.807, 2.05) is 0 Å². The summed E-state index contributed by atoms with van der Waals surface area (Å²) in [5.41, 5.74) is 0.237. The van der Waals surface area contributed by atoms with Crippen LogP contribution in [0.15, 0.2) is 0 Å². The standard InChI is InChI=1S/C9H18N2/c1-9(10-2)8-5-3-4-7(8)6-11-9/h7-8,10-11H,3-6H2,1-2H3. The van der Waals surface area contributed by atoms with Crippen molar-refractivity contribution in [2.75, 3.05) is 13.6 Å². The second-order valence-corrected chi connectivity index (χ2v) is 4.13. The summed E-state index contributed by atoms with van der Waals surface area (Å²) in [5, 5.41) is 6.97. The smallest absolute Gasteiger partial charge is 0.0687 e. The molecule has 0 aromatic heterocycles. The van der Waals surface area contributed by atoms with Crippen molar-refractivity contribution in [1.29, 1.82) is 0 Å². The van der Waals surface area contributed by atoms with Crippen LogP contribution < -0.4 is 10.6 Å². The van der Waals surface area contributed by atoms with Crippen LogP contribution in [0.25, 0.3) is 0 Å². The van der Waals surface area contributed by atoms with E-state index in [0.29, 0.717) is 0 Å². The van der Waals surface area contributed by atoms with Gasteiger partial charge >= 0.3 is 0 Å². The van der Waals surface area contributed by atoms with E-state index < -0.39 is 0 Å². The van der Waals surface area contributed by atoms with Crippen LogP contribution in [-0.4, -0.2) is 19.3 Å². The average molecular weight is 154 g/mol. The van der Waals surface area contributed by atoms with E-state index in [-0.39, 0.29) is 5.66 Å². The van der Waals surface area contributed by atoms with Gasteiger partial charge in [-0.3, -0.25) is 5.32 Å². The Morgan fingerprint density at radius 2 is 2.27 bits per heavy atom. The predicted octanol–water partition coefficient (Wildman–Crippen LogP) is 0.941. The first-order valence-electron chi connectivity index (χ1n) is 4.70. The second-order valence-electron chi connectivity index (χ2n) is 4.13. The molecule has 1 saturated heterocycles. The zero-order chi connectivity index (χ0) is 7.90. The van der Waals surface area contributed by atoms with Crippen LogP contribution in [-0.2, 0) is 0 Å². The third-order valence-corrected chi connectivity index (χ3v) is 3.65. The van der Waals surface area contributed by atoms with Gasteiger partial charge in [-0.05, 0) is 38.6 Å². The summed E-state index contributed by atoms with van der Waals surface area (Å²) in [6.45, 7) is 3.52. The predicted molar refractivity (Wildman–Crippen MR) is 46.3 cm³/mol. The van der Waals surface area contributed by atoms with Crippen LogP contribution in [0.5, 0.6) is 0 Å². The van der Waals surface area contributed by atoms with Crippen molar-refractivity contribution in [2.45, 2.75) is 31.8 Å². The Labute approximate surface area is 68.7 Å². The highest BCUT2D eigenvalue weighted by Gasteiger charge is 2.45. The quantitative estimate of drug-likeness (QED) is 0.587. The third kappa shape index (κ3) is 1.00. The van der Waals surface area contributed by atoms with Crippen LogP contribution in [0, 0.1) is 11.8 Å². The Morgan fingerprint density at radius 1 is 1.45 bits per heavy atom. The number of hydrogen-bond donors (Lipinski definition) is 2. The van der Waals surface area contributed by atoms with Crippen LogP contribution in [0.1, 0.15) is 26.2 Å². The molecule has 0 radical (unpaired) electrons. The minimum Gasteiger partial charge on any atom is -0.302 e. The van der Waals surface area contributed by atoms with Crippen molar-refractivity contribution in [3.05, 3.63) is 0 Å². The molecular weight excluding hydrogens is 136 g/mol. The first kappa shape index (κ1) is 7.56. The summed E-state index contributed by atoms with van der Waals surface area (Å²) in [4.78, 5) is 0. The van der Waals surface area contributed by atoms with E-state index in [1.54, 1.807) is 0 Å². The van der Waals surface area contributed by atoms with E-state index in [9.17, 15) is 0 Å². The fourth-order valence-electron chi connectivity index (χ4n) is 2.79. The summed E-state index contributed by atoms with van der Waals surface area (Å²) in [5.74, 6) is 1.83. The van der Waals surface area contributed by atoms with E-state index in [0.717, 1.165) is 11.8 Å². The van der Waals surface area contributed by atoms with Crippen molar-refractivity contribution in [2.24, 2.45) is 11.8 Å². The van der Waals surface area contributed by atoms with Crippen LogP contribution in [0.4, 0.5) is 0 Å². The van der Waals surface area contributed by atoms with E-state index in [1.165, 1.54) is 25.8 Å². The number of hydrogen-bond acceptors (Lipinski definition) is 2. The van der Waals surface area contributed by atoms with E-state index in [4.69, 9.17) is 0 Å². The van der Waals surface area contributed by atoms with Gasteiger partial charge in [0.2, 0.25) is 0 Å². The molecule has 1 heterocycles. The molecule has 11 heavy (non-hydrogen) atoms. The molecule has 0 amide bonds. The van der Waals surface area contributed by atoms with Gasteiger partial charge in [-0.15, -0.1) is 0 Å². The van der Waals surface area contributed by atoms with Gasteiger partial charge in [0.25, 0.3) is 0 Å². The molecule has 2 heteroatoms. The molecule has 0 aromatic carbocycles. The maximum Gasteiger partial charge on any atom is 0.0687 e. The van der Waals surface area contributed by atoms with Crippen LogP contribution in [0.2, 0.25) is 0 Å². The maximum absolute atomic E-state index is 3.57. The summed E-state index contributed by atoms with van der Waals surface area (Å²) in [7, 11) is 2.06. The topological polar surface area (TPSA) is 24.1 Å². The zero-order valence-electron chi connectivity index (χ0n) is 7.48. The molecule has 64 valence electrons. The Balaban J connectivity index is 2.14. The molecule has 3 unspecified atom stereocenters.